The first kappa shape index (κ1) is 11.1. The minimum absolute atomic E-state index is 0.156. The molecular weight excluding hydrogens is 274 g/mol. The Balaban J connectivity index is 2.06. The summed E-state index contributed by atoms with van der Waals surface area (Å²) in [4.78, 5) is 14.0. The van der Waals surface area contributed by atoms with Crippen molar-refractivity contribution in [2.75, 3.05) is 7.05 Å². The Labute approximate surface area is 102 Å². The van der Waals surface area contributed by atoms with Crippen LogP contribution in [0.25, 0.3) is 0 Å². The van der Waals surface area contributed by atoms with Gasteiger partial charge in [0.15, 0.2) is 0 Å². The van der Waals surface area contributed by atoms with Crippen molar-refractivity contribution < 1.29 is 4.79 Å². The van der Waals surface area contributed by atoms with Crippen LogP contribution >= 0.6 is 27.3 Å². The number of carbonyl (C=O) groups is 1. The molecule has 1 aliphatic rings. The molecule has 0 aromatic carbocycles. The molecule has 0 aliphatic heterocycles. The normalized spacial score (nSPS) is 16.9. The third-order valence-corrected chi connectivity index (χ3v) is 4.51. The van der Waals surface area contributed by atoms with Gasteiger partial charge in [-0.05, 0) is 34.8 Å². The van der Waals surface area contributed by atoms with Gasteiger partial charge in [-0.3, -0.25) is 4.79 Å². The molecule has 2 nitrogen and oxygen atoms in total. The largest absolute Gasteiger partial charge is 0.339 e. The van der Waals surface area contributed by atoms with Crippen LogP contribution in [0.1, 0.15) is 36.0 Å². The molecule has 1 aromatic heterocycles. The lowest BCUT2D eigenvalue weighted by Gasteiger charge is -2.23. The van der Waals surface area contributed by atoms with Gasteiger partial charge in [-0.25, -0.2) is 0 Å². The van der Waals surface area contributed by atoms with E-state index in [0.717, 1.165) is 22.2 Å². The molecule has 1 heterocycles. The summed E-state index contributed by atoms with van der Waals surface area (Å²) in [7, 11) is 1.92. The van der Waals surface area contributed by atoms with E-state index < -0.39 is 0 Å². The first-order valence-corrected chi connectivity index (χ1v) is 6.87. The fourth-order valence-corrected chi connectivity index (χ4v) is 3.21. The average Bonchev–Trinajstić information content (AvgIpc) is 2.85. The van der Waals surface area contributed by atoms with Gasteiger partial charge < -0.3 is 4.90 Å². The van der Waals surface area contributed by atoms with Crippen LogP contribution in [0.3, 0.4) is 0 Å². The van der Waals surface area contributed by atoms with E-state index in [2.05, 4.69) is 15.9 Å². The zero-order valence-electron chi connectivity index (χ0n) is 8.70. The highest BCUT2D eigenvalue weighted by Crippen LogP contribution is 2.26. The van der Waals surface area contributed by atoms with Gasteiger partial charge in [0.2, 0.25) is 0 Å². The summed E-state index contributed by atoms with van der Waals surface area (Å²) >= 11 is 4.94. The van der Waals surface area contributed by atoms with Crippen LogP contribution in [0.2, 0.25) is 0 Å². The van der Waals surface area contributed by atoms with E-state index in [1.807, 2.05) is 23.4 Å². The lowest BCUT2D eigenvalue weighted by Crippen LogP contribution is -2.34. The topological polar surface area (TPSA) is 20.3 Å². The van der Waals surface area contributed by atoms with Gasteiger partial charge in [0, 0.05) is 18.5 Å². The molecule has 0 saturated heterocycles. The average molecular weight is 288 g/mol. The smallest absolute Gasteiger partial charge is 0.254 e. The maximum absolute atomic E-state index is 12.1. The number of thiophene rings is 1. The quantitative estimate of drug-likeness (QED) is 0.815. The molecule has 0 bridgehead atoms. The standard InChI is InChI=1S/C11H14BrNOS/c1-13(9-4-2-3-5-9)11(14)8-6-10(12)15-7-8/h6-7,9H,2-5H2,1H3. The van der Waals surface area contributed by atoms with Crippen LogP contribution in [0, 0.1) is 0 Å². The van der Waals surface area contributed by atoms with Gasteiger partial charge in [-0.15, -0.1) is 11.3 Å². The van der Waals surface area contributed by atoms with Crippen molar-refractivity contribution >= 4 is 33.2 Å². The monoisotopic (exact) mass is 287 g/mol. The van der Waals surface area contributed by atoms with E-state index in [-0.39, 0.29) is 5.91 Å². The molecular formula is C11H14BrNOS. The van der Waals surface area contributed by atoms with Gasteiger partial charge in [0.05, 0.1) is 9.35 Å². The summed E-state index contributed by atoms with van der Waals surface area (Å²) in [5, 5.41) is 1.91. The van der Waals surface area contributed by atoms with Gasteiger partial charge in [0.1, 0.15) is 0 Å². The van der Waals surface area contributed by atoms with E-state index in [4.69, 9.17) is 0 Å². The predicted molar refractivity (Wildman–Crippen MR) is 66.4 cm³/mol. The van der Waals surface area contributed by atoms with Crippen LogP contribution in [0.4, 0.5) is 0 Å². The molecule has 1 amide bonds. The van der Waals surface area contributed by atoms with Crippen molar-refractivity contribution in [2.45, 2.75) is 31.7 Å². The SMILES string of the molecule is CN(C(=O)c1csc(Br)c1)C1CCCC1. The maximum Gasteiger partial charge on any atom is 0.254 e. The Morgan fingerprint density at radius 3 is 2.73 bits per heavy atom. The van der Waals surface area contributed by atoms with Crippen molar-refractivity contribution in [1.82, 2.24) is 4.90 Å². The summed E-state index contributed by atoms with van der Waals surface area (Å²) in [6, 6.07) is 2.36. The molecule has 0 radical (unpaired) electrons. The molecule has 0 N–H and O–H groups in total. The number of hydrogen-bond acceptors (Lipinski definition) is 2. The molecule has 0 atom stereocenters. The molecule has 1 aliphatic carbocycles. The number of hydrogen-bond donors (Lipinski definition) is 0. The van der Waals surface area contributed by atoms with E-state index in [9.17, 15) is 4.79 Å². The van der Waals surface area contributed by atoms with Gasteiger partial charge in [0.25, 0.3) is 5.91 Å². The van der Waals surface area contributed by atoms with Crippen molar-refractivity contribution in [2.24, 2.45) is 0 Å². The minimum atomic E-state index is 0.156. The summed E-state index contributed by atoms with van der Waals surface area (Å²) in [5.74, 6) is 0.156. The number of rotatable bonds is 2. The zero-order valence-corrected chi connectivity index (χ0v) is 11.1. The lowest BCUT2D eigenvalue weighted by atomic mass is 10.2. The number of amides is 1. The maximum atomic E-state index is 12.1. The number of carbonyl (C=O) groups excluding carboxylic acids is 1. The molecule has 1 fully saturated rings. The molecule has 0 spiro atoms. The lowest BCUT2D eigenvalue weighted by molar-refractivity contribution is 0.0735. The molecule has 1 aromatic rings. The molecule has 2 rings (SSSR count). The zero-order chi connectivity index (χ0) is 10.8. The predicted octanol–water partition coefficient (Wildman–Crippen LogP) is 3.53. The highest BCUT2D eigenvalue weighted by Gasteiger charge is 2.24. The molecule has 82 valence electrons. The Morgan fingerprint density at radius 1 is 1.53 bits per heavy atom. The van der Waals surface area contributed by atoms with Crippen LogP contribution in [-0.4, -0.2) is 23.9 Å². The minimum Gasteiger partial charge on any atom is -0.339 e. The summed E-state index contributed by atoms with van der Waals surface area (Å²) < 4.78 is 1.02. The van der Waals surface area contributed by atoms with Crippen molar-refractivity contribution in [3.05, 3.63) is 20.8 Å². The third-order valence-electron chi connectivity index (χ3n) is 3.01. The van der Waals surface area contributed by atoms with E-state index in [1.165, 1.54) is 12.8 Å². The van der Waals surface area contributed by atoms with Crippen molar-refractivity contribution in [3.63, 3.8) is 0 Å². The second-order valence-corrected chi connectivity index (χ2v) is 6.28. The fourth-order valence-electron chi connectivity index (χ4n) is 2.08. The van der Waals surface area contributed by atoms with Gasteiger partial charge in [-0.1, -0.05) is 12.8 Å². The number of nitrogens with zero attached hydrogens (tertiary/aromatic N) is 1. The highest BCUT2D eigenvalue weighted by molar-refractivity contribution is 9.11. The van der Waals surface area contributed by atoms with Gasteiger partial charge >= 0.3 is 0 Å². The summed E-state index contributed by atoms with van der Waals surface area (Å²) in [5.41, 5.74) is 0.807. The van der Waals surface area contributed by atoms with Gasteiger partial charge in [-0.2, -0.15) is 0 Å². The van der Waals surface area contributed by atoms with Crippen molar-refractivity contribution in [1.29, 1.82) is 0 Å². The second-order valence-electron chi connectivity index (χ2n) is 3.99. The Hall–Kier alpha value is -0.350. The summed E-state index contributed by atoms with van der Waals surface area (Å²) in [6.07, 6.45) is 4.84. The fraction of sp³-hybridized carbons (Fsp3) is 0.545. The first-order valence-electron chi connectivity index (χ1n) is 5.19. The molecule has 15 heavy (non-hydrogen) atoms. The summed E-state index contributed by atoms with van der Waals surface area (Å²) in [6.45, 7) is 0. The molecule has 0 unspecified atom stereocenters. The first-order chi connectivity index (χ1) is 7.18. The highest BCUT2D eigenvalue weighted by atomic mass is 79.9. The van der Waals surface area contributed by atoms with Crippen LogP contribution in [0.5, 0.6) is 0 Å². The number of halogens is 1. The second kappa shape index (κ2) is 4.66. The van der Waals surface area contributed by atoms with Crippen LogP contribution in [-0.2, 0) is 0 Å². The van der Waals surface area contributed by atoms with E-state index >= 15 is 0 Å². The Morgan fingerprint density at radius 2 is 2.20 bits per heavy atom. The molecule has 4 heteroatoms. The third kappa shape index (κ3) is 2.42. The van der Waals surface area contributed by atoms with Crippen molar-refractivity contribution in [3.8, 4) is 0 Å². The Bertz CT molecular complexity index is 357. The van der Waals surface area contributed by atoms with Crippen LogP contribution < -0.4 is 0 Å². The van der Waals surface area contributed by atoms with E-state index in [1.54, 1.807) is 11.3 Å². The van der Waals surface area contributed by atoms with Crippen LogP contribution in [0.15, 0.2) is 15.2 Å². The molecule has 1 saturated carbocycles. The Kier molecular flexibility index (Phi) is 3.46. The van der Waals surface area contributed by atoms with E-state index in [0.29, 0.717) is 6.04 Å².